The molecule has 136 valence electrons. The Morgan fingerprint density at radius 3 is 2.71 bits per heavy atom. The topological polar surface area (TPSA) is 76.4 Å². The second-order valence-electron chi connectivity index (χ2n) is 5.93. The number of aromatic nitrogens is 3. The lowest BCUT2D eigenvalue weighted by atomic mass is 10.2. The predicted octanol–water partition coefficient (Wildman–Crippen LogP) is 1.86. The number of thioether (sulfide) groups is 1. The summed E-state index contributed by atoms with van der Waals surface area (Å²) >= 11 is 1.69. The molecule has 1 aromatic rings. The molecule has 0 bridgehead atoms. The van der Waals surface area contributed by atoms with Gasteiger partial charge in [-0.05, 0) is 25.5 Å². The molecule has 0 atom stereocenters. The van der Waals surface area contributed by atoms with E-state index in [0.29, 0.717) is 12.6 Å². The van der Waals surface area contributed by atoms with Crippen LogP contribution in [0.2, 0.25) is 0 Å². The summed E-state index contributed by atoms with van der Waals surface area (Å²) in [6.45, 7) is 2.28. The van der Waals surface area contributed by atoms with Crippen molar-refractivity contribution in [1.29, 1.82) is 0 Å². The van der Waals surface area contributed by atoms with Gasteiger partial charge in [-0.1, -0.05) is 24.6 Å². The summed E-state index contributed by atoms with van der Waals surface area (Å²) in [5, 5.41) is 16.4. The number of nitrogens with one attached hydrogen (secondary N) is 2. The molecule has 7 nitrogen and oxygen atoms in total. The van der Waals surface area contributed by atoms with Gasteiger partial charge in [-0.2, -0.15) is 0 Å². The third kappa shape index (κ3) is 5.37. The van der Waals surface area contributed by atoms with Crippen LogP contribution < -0.4 is 10.6 Å². The third-order valence-electron chi connectivity index (χ3n) is 4.30. The van der Waals surface area contributed by atoms with Gasteiger partial charge in [0.1, 0.15) is 5.82 Å². The van der Waals surface area contributed by atoms with Gasteiger partial charge in [0.2, 0.25) is 0 Å². The molecule has 1 fully saturated rings. The van der Waals surface area contributed by atoms with Crippen LogP contribution in [-0.2, 0) is 11.2 Å². The maximum absolute atomic E-state index is 5.03. The quantitative estimate of drug-likeness (QED) is 0.305. The Bertz CT molecular complexity index is 513. The minimum absolute atomic E-state index is 0.592. The summed E-state index contributed by atoms with van der Waals surface area (Å²) in [6.07, 6.45) is 9.18. The highest BCUT2D eigenvalue weighted by Crippen LogP contribution is 2.33. The molecule has 24 heavy (non-hydrogen) atoms. The Balaban J connectivity index is 1.80. The molecule has 0 spiro atoms. The first-order valence-electron chi connectivity index (χ1n) is 8.71. The Morgan fingerprint density at radius 2 is 2.04 bits per heavy atom. The zero-order chi connectivity index (χ0) is 17.2. The summed E-state index contributed by atoms with van der Waals surface area (Å²) in [5.41, 5.74) is 0. The second-order valence-corrected chi connectivity index (χ2v) is 6.71. The standard InChI is InChI=1S/C16H30N6OS/c1-17-15(19-11-12-23-2)18-10-6-9-14-20-21-16(24-3)22(14)13-7-4-5-8-13/h13H,4-12H2,1-3H3,(H2,17,18,19). The zero-order valence-electron chi connectivity index (χ0n) is 15.0. The molecule has 0 saturated heterocycles. The van der Waals surface area contributed by atoms with Gasteiger partial charge >= 0.3 is 0 Å². The SMILES string of the molecule is CN=C(NCCCc1nnc(SC)n1C1CCCC1)NCCOC. The summed E-state index contributed by atoms with van der Waals surface area (Å²) in [5.74, 6) is 1.93. The van der Waals surface area contributed by atoms with Crippen LogP contribution in [0, 0.1) is 0 Å². The highest BCUT2D eigenvalue weighted by atomic mass is 32.2. The predicted molar refractivity (Wildman–Crippen MR) is 98.9 cm³/mol. The van der Waals surface area contributed by atoms with E-state index in [-0.39, 0.29) is 0 Å². The normalized spacial score (nSPS) is 15.9. The van der Waals surface area contributed by atoms with E-state index in [9.17, 15) is 0 Å². The minimum atomic E-state index is 0.592. The molecule has 1 aromatic heterocycles. The summed E-state index contributed by atoms with van der Waals surface area (Å²) < 4.78 is 7.41. The first-order chi connectivity index (χ1) is 11.8. The molecule has 1 saturated carbocycles. The largest absolute Gasteiger partial charge is 0.383 e. The van der Waals surface area contributed by atoms with Crippen molar-refractivity contribution >= 4 is 17.7 Å². The van der Waals surface area contributed by atoms with Crippen molar-refractivity contribution in [2.75, 3.05) is 40.1 Å². The molecule has 0 aliphatic heterocycles. The number of aryl methyl sites for hydroxylation is 1. The molecule has 1 aliphatic carbocycles. The Morgan fingerprint density at radius 1 is 1.29 bits per heavy atom. The maximum Gasteiger partial charge on any atom is 0.191 e. The van der Waals surface area contributed by atoms with E-state index in [2.05, 4.69) is 36.6 Å². The molecule has 8 heteroatoms. The lowest BCUT2D eigenvalue weighted by Gasteiger charge is -2.16. The molecule has 1 heterocycles. The average molecular weight is 355 g/mol. The number of hydrogen-bond acceptors (Lipinski definition) is 5. The van der Waals surface area contributed by atoms with Crippen LogP contribution in [0.5, 0.6) is 0 Å². The number of hydrogen-bond donors (Lipinski definition) is 2. The molecule has 1 aliphatic rings. The van der Waals surface area contributed by atoms with Crippen LogP contribution in [-0.4, -0.2) is 60.8 Å². The van der Waals surface area contributed by atoms with Crippen molar-refractivity contribution in [3.05, 3.63) is 5.82 Å². The monoisotopic (exact) mass is 354 g/mol. The van der Waals surface area contributed by atoms with Crippen molar-refractivity contribution in [3.8, 4) is 0 Å². The lowest BCUT2D eigenvalue weighted by molar-refractivity contribution is 0.203. The molecular weight excluding hydrogens is 324 g/mol. The fourth-order valence-electron chi connectivity index (χ4n) is 3.09. The van der Waals surface area contributed by atoms with Crippen LogP contribution in [0.3, 0.4) is 0 Å². The van der Waals surface area contributed by atoms with Crippen LogP contribution in [0.1, 0.15) is 44.0 Å². The highest BCUT2D eigenvalue weighted by Gasteiger charge is 2.23. The molecule has 0 amide bonds. The zero-order valence-corrected chi connectivity index (χ0v) is 15.9. The Labute approximate surface area is 149 Å². The number of guanidine groups is 1. The van der Waals surface area contributed by atoms with Crippen molar-refractivity contribution in [1.82, 2.24) is 25.4 Å². The summed E-state index contributed by atoms with van der Waals surface area (Å²) in [4.78, 5) is 4.20. The van der Waals surface area contributed by atoms with Crippen molar-refractivity contribution < 1.29 is 4.74 Å². The molecule has 0 radical (unpaired) electrons. The minimum Gasteiger partial charge on any atom is -0.383 e. The van der Waals surface area contributed by atoms with Crippen LogP contribution in [0.4, 0.5) is 0 Å². The van der Waals surface area contributed by atoms with Gasteiger partial charge in [0.25, 0.3) is 0 Å². The van der Waals surface area contributed by atoms with E-state index in [0.717, 1.165) is 42.9 Å². The van der Waals surface area contributed by atoms with Crippen molar-refractivity contribution in [2.45, 2.75) is 49.7 Å². The van der Waals surface area contributed by atoms with E-state index < -0.39 is 0 Å². The lowest BCUT2D eigenvalue weighted by Crippen LogP contribution is -2.39. The van der Waals surface area contributed by atoms with Crippen LogP contribution >= 0.6 is 11.8 Å². The Kier molecular flexibility index (Phi) is 8.38. The van der Waals surface area contributed by atoms with Gasteiger partial charge in [-0.15, -0.1) is 10.2 Å². The van der Waals surface area contributed by atoms with Gasteiger partial charge in [-0.3, -0.25) is 4.99 Å². The molecule has 2 rings (SSSR count). The van der Waals surface area contributed by atoms with Gasteiger partial charge < -0.3 is 19.9 Å². The fourth-order valence-corrected chi connectivity index (χ4v) is 3.67. The number of aliphatic imine (C=N–C) groups is 1. The van der Waals surface area contributed by atoms with Gasteiger partial charge in [0.05, 0.1) is 6.61 Å². The first-order valence-corrected chi connectivity index (χ1v) is 9.93. The van der Waals surface area contributed by atoms with E-state index in [4.69, 9.17) is 4.74 Å². The molecule has 0 unspecified atom stereocenters. The number of methoxy groups -OCH3 is 1. The average Bonchev–Trinajstić information content (AvgIpc) is 3.25. The Hall–Kier alpha value is -1.28. The van der Waals surface area contributed by atoms with E-state index in [1.165, 1.54) is 25.7 Å². The third-order valence-corrected chi connectivity index (χ3v) is 4.94. The van der Waals surface area contributed by atoms with Crippen LogP contribution in [0.15, 0.2) is 10.1 Å². The molecular formula is C16H30N6OS. The first kappa shape index (κ1) is 19.1. The second kappa shape index (κ2) is 10.6. The molecule has 0 aromatic carbocycles. The van der Waals surface area contributed by atoms with E-state index >= 15 is 0 Å². The molecule has 2 N–H and O–H groups in total. The van der Waals surface area contributed by atoms with Gasteiger partial charge in [0.15, 0.2) is 11.1 Å². The van der Waals surface area contributed by atoms with Crippen LogP contribution in [0.25, 0.3) is 0 Å². The smallest absolute Gasteiger partial charge is 0.191 e. The fraction of sp³-hybridized carbons (Fsp3) is 0.812. The van der Waals surface area contributed by atoms with Gasteiger partial charge in [0, 0.05) is 39.7 Å². The van der Waals surface area contributed by atoms with Crippen molar-refractivity contribution in [2.24, 2.45) is 4.99 Å². The summed E-state index contributed by atoms with van der Waals surface area (Å²) in [7, 11) is 3.48. The van der Waals surface area contributed by atoms with Crippen molar-refractivity contribution in [3.63, 3.8) is 0 Å². The van der Waals surface area contributed by atoms with E-state index in [1.54, 1.807) is 25.9 Å². The maximum atomic E-state index is 5.03. The number of ether oxygens (including phenoxy) is 1. The highest BCUT2D eigenvalue weighted by molar-refractivity contribution is 7.98. The number of nitrogens with zero attached hydrogens (tertiary/aromatic N) is 4. The van der Waals surface area contributed by atoms with E-state index in [1.807, 2.05) is 0 Å². The number of rotatable bonds is 9. The summed E-state index contributed by atoms with van der Waals surface area (Å²) in [6, 6.07) is 0.592. The van der Waals surface area contributed by atoms with Gasteiger partial charge in [-0.25, -0.2) is 0 Å².